The van der Waals surface area contributed by atoms with Gasteiger partial charge in [-0.3, -0.25) is 4.79 Å². The molecule has 0 radical (unpaired) electrons. The van der Waals surface area contributed by atoms with E-state index in [4.69, 9.17) is 4.98 Å². The van der Waals surface area contributed by atoms with Crippen molar-refractivity contribution in [2.75, 3.05) is 19.0 Å². The minimum Gasteiger partial charge on any atom is -0.378 e. The minimum absolute atomic E-state index is 0.271. The van der Waals surface area contributed by atoms with Crippen LogP contribution >= 0.6 is 0 Å². The number of anilines is 1. The number of amides is 1. The second-order valence-corrected chi connectivity index (χ2v) is 7.12. The Morgan fingerprint density at radius 1 is 0.933 bits per heavy atom. The Morgan fingerprint density at radius 3 is 2.37 bits per heavy atom. The number of hydrogen-bond donors (Lipinski definition) is 1. The maximum atomic E-state index is 12.9. The third-order valence-electron chi connectivity index (χ3n) is 4.82. The van der Waals surface area contributed by atoms with Crippen molar-refractivity contribution in [3.63, 3.8) is 0 Å². The van der Waals surface area contributed by atoms with Crippen LogP contribution in [0, 0.1) is 0 Å². The van der Waals surface area contributed by atoms with Gasteiger partial charge in [0.2, 0.25) is 0 Å². The van der Waals surface area contributed by atoms with Crippen LogP contribution in [0.2, 0.25) is 0 Å². The normalized spacial score (nSPS) is 11.0. The van der Waals surface area contributed by atoms with Crippen LogP contribution in [-0.2, 0) is 0 Å². The molecule has 0 aliphatic rings. The summed E-state index contributed by atoms with van der Waals surface area (Å²) in [5.41, 5.74) is 7.68. The van der Waals surface area contributed by atoms with Crippen LogP contribution in [0.25, 0.3) is 22.2 Å². The van der Waals surface area contributed by atoms with E-state index in [1.165, 1.54) is 0 Å². The van der Waals surface area contributed by atoms with Gasteiger partial charge in [0.25, 0.3) is 5.91 Å². The number of carbonyl (C=O) groups is 1. The summed E-state index contributed by atoms with van der Waals surface area (Å²) >= 11 is 0. The molecule has 0 saturated carbocycles. The first-order valence-corrected chi connectivity index (χ1v) is 9.68. The summed E-state index contributed by atoms with van der Waals surface area (Å²) < 4.78 is 0. The van der Waals surface area contributed by atoms with Crippen LogP contribution < -0.4 is 10.3 Å². The lowest BCUT2D eigenvalue weighted by molar-refractivity contribution is 0.0956. The minimum atomic E-state index is -0.271. The zero-order valence-corrected chi connectivity index (χ0v) is 16.9. The van der Waals surface area contributed by atoms with Gasteiger partial charge in [-0.1, -0.05) is 60.7 Å². The molecule has 0 spiro atoms. The second kappa shape index (κ2) is 8.57. The Hall–Kier alpha value is -3.99. The summed E-state index contributed by atoms with van der Waals surface area (Å²) in [7, 11) is 3.98. The molecule has 4 aromatic rings. The van der Waals surface area contributed by atoms with Gasteiger partial charge in [0.15, 0.2) is 0 Å². The molecule has 0 bridgehead atoms. The van der Waals surface area contributed by atoms with Crippen molar-refractivity contribution in [3.8, 4) is 11.3 Å². The first-order valence-electron chi connectivity index (χ1n) is 9.68. The van der Waals surface area contributed by atoms with Gasteiger partial charge in [-0.15, -0.1) is 0 Å². The highest BCUT2D eigenvalue weighted by Gasteiger charge is 2.13. The third kappa shape index (κ3) is 4.20. The van der Waals surface area contributed by atoms with Crippen LogP contribution in [0.15, 0.2) is 90.0 Å². The van der Waals surface area contributed by atoms with E-state index in [2.05, 4.69) is 10.5 Å². The van der Waals surface area contributed by atoms with Gasteiger partial charge >= 0.3 is 0 Å². The van der Waals surface area contributed by atoms with Crippen LogP contribution in [0.5, 0.6) is 0 Å². The number of fused-ring (bicyclic) bond motifs is 1. The number of hydrazone groups is 1. The van der Waals surface area contributed by atoms with E-state index in [-0.39, 0.29) is 5.91 Å². The smallest absolute Gasteiger partial charge is 0.272 e. The van der Waals surface area contributed by atoms with E-state index >= 15 is 0 Å². The van der Waals surface area contributed by atoms with E-state index < -0.39 is 0 Å². The van der Waals surface area contributed by atoms with E-state index in [0.29, 0.717) is 5.56 Å². The van der Waals surface area contributed by atoms with E-state index in [1.54, 1.807) is 6.21 Å². The fraction of sp³-hybridized carbons (Fsp3) is 0.0800. The molecule has 148 valence electrons. The molecule has 30 heavy (non-hydrogen) atoms. The quantitative estimate of drug-likeness (QED) is 0.393. The maximum absolute atomic E-state index is 12.9. The lowest BCUT2D eigenvalue weighted by atomic mass is 10.0. The predicted octanol–water partition coefficient (Wildman–Crippen LogP) is 4.73. The first kappa shape index (κ1) is 19.3. The first-order chi connectivity index (χ1) is 14.6. The molecule has 4 rings (SSSR count). The summed E-state index contributed by atoms with van der Waals surface area (Å²) in [6.45, 7) is 0. The average molecular weight is 394 g/mol. The summed E-state index contributed by atoms with van der Waals surface area (Å²) in [5, 5.41) is 4.93. The van der Waals surface area contributed by atoms with E-state index in [0.717, 1.165) is 33.4 Å². The van der Waals surface area contributed by atoms with Crippen molar-refractivity contribution in [2.45, 2.75) is 0 Å². The number of para-hydroxylation sites is 1. The van der Waals surface area contributed by atoms with E-state index in [1.807, 2.05) is 104 Å². The second-order valence-electron chi connectivity index (χ2n) is 7.12. The van der Waals surface area contributed by atoms with Gasteiger partial charge in [0.1, 0.15) is 0 Å². The molecule has 1 N–H and O–H groups in total. The van der Waals surface area contributed by atoms with E-state index in [9.17, 15) is 4.79 Å². The molecule has 1 heterocycles. The zero-order chi connectivity index (χ0) is 20.9. The molecule has 1 aromatic heterocycles. The van der Waals surface area contributed by atoms with Crippen molar-refractivity contribution in [1.82, 2.24) is 10.4 Å². The molecule has 0 atom stereocenters. The summed E-state index contributed by atoms with van der Waals surface area (Å²) in [4.78, 5) is 19.7. The highest BCUT2D eigenvalue weighted by molar-refractivity contribution is 6.07. The topological polar surface area (TPSA) is 57.6 Å². The Bertz CT molecular complexity index is 1200. The molecule has 0 unspecified atom stereocenters. The molecule has 0 saturated heterocycles. The maximum Gasteiger partial charge on any atom is 0.272 e. The fourth-order valence-corrected chi connectivity index (χ4v) is 3.20. The Kier molecular flexibility index (Phi) is 5.52. The number of pyridine rings is 1. The number of aromatic nitrogens is 1. The summed E-state index contributed by atoms with van der Waals surface area (Å²) in [5.74, 6) is -0.271. The monoisotopic (exact) mass is 394 g/mol. The predicted molar refractivity (Wildman–Crippen MR) is 123 cm³/mol. The number of rotatable bonds is 5. The zero-order valence-electron chi connectivity index (χ0n) is 16.9. The van der Waals surface area contributed by atoms with Crippen molar-refractivity contribution >= 4 is 28.7 Å². The molecule has 3 aromatic carbocycles. The largest absolute Gasteiger partial charge is 0.378 e. The standard InChI is InChI=1S/C25H22N4O/c1-29(2)20-14-12-18(13-15-20)17-26-28-25(30)22-16-24(19-8-4-3-5-9-19)27-23-11-7-6-10-21(22)23/h3-17H,1-2H3,(H,28,30)/b26-17-. The Labute approximate surface area is 175 Å². The Morgan fingerprint density at radius 2 is 1.63 bits per heavy atom. The van der Waals surface area contributed by atoms with Gasteiger partial charge < -0.3 is 4.90 Å². The highest BCUT2D eigenvalue weighted by atomic mass is 16.2. The Balaban J connectivity index is 1.61. The number of nitrogens with one attached hydrogen (secondary N) is 1. The summed E-state index contributed by atoms with van der Waals surface area (Å²) in [6, 6.07) is 27.2. The van der Waals surface area contributed by atoms with Gasteiger partial charge in [0.05, 0.1) is 23.0 Å². The molecular formula is C25H22N4O. The third-order valence-corrected chi connectivity index (χ3v) is 4.82. The molecule has 0 fully saturated rings. The van der Waals surface area contributed by atoms with Crippen molar-refractivity contribution in [1.29, 1.82) is 0 Å². The number of nitrogens with zero attached hydrogens (tertiary/aromatic N) is 3. The molecule has 0 aliphatic carbocycles. The van der Waals surface area contributed by atoms with Gasteiger partial charge in [-0.2, -0.15) is 5.10 Å². The molecule has 5 nitrogen and oxygen atoms in total. The fourth-order valence-electron chi connectivity index (χ4n) is 3.20. The van der Waals surface area contributed by atoms with Gasteiger partial charge in [-0.05, 0) is 29.8 Å². The van der Waals surface area contributed by atoms with Gasteiger partial charge in [0, 0.05) is 30.7 Å². The number of carbonyl (C=O) groups excluding carboxylic acids is 1. The van der Waals surface area contributed by atoms with Crippen LogP contribution in [0.1, 0.15) is 15.9 Å². The lowest BCUT2D eigenvalue weighted by Crippen LogP contribution is -2.18. The lowest BCUT2D eigenvalue weighted by Gasteiger charge is -2.11. The molecular weight excluding hydrogens is 372 g/mol. The van der Waals surface area contributed by atoms with Crippen molar-refractivity contribution in [3.05, 3.63) is 96.1 Å². The van der Waals surface area contributed by atoms with Crippen molar-refractivity contribution < 1.29 is 4.79 Å². The summed E-state index contributed by atoms with van der Waals surface area (Å²) in [6.07, 6.45) is 1.64. The highest BCUT2D eigenvalue weighted by Crippen LogP contribution is 2.24. The number of benzene rings is 3. The van der Waals surface area contributed by atoms with Crippen LogP contribution in [-0.4, -0.2) is 31.2 Å². The molecule has 1 amide bonds. The molecule has 0 aliphatic heterocycles. The number of hydrogen-bond acceptors (Lipinski definition) is 4. The van der Waals surface area contributed by atoms with Crippen LogP contribution in [0.4, 0.5) is 5.69 Å². The SMILES string of the molecule is CN(C)c1ccc(/C=N\NC(=O)c2cc(-c3ccccc3)nc3ccccc23)cc1. The van der Waals surface area contributed by atoms with Crippen LogP contribution in [0.3, 0.4) is 0 Å². The van der Waals surface area contributed by atoms with Gasteiger partial charge in [-0.25, -0.2) is 10.4 Å². The average Bonchev–Trinajstić information content (AvgIpc) is 2.79. The molecule has 5 heteroatoms. The van der Waals surface area contributed by atoms with Crippen molar-refractivity contribution in [2.24, 2.45) is 5.10 Å².